The Balaban J connectivity index is 2.09. The molecule has 4 nitrogen and oxygen atoms in total. The average Bonchev–Trinajstić information content (AvgIpc) is 2.52. The first-order valence-electron chi connectivity index (χ1n) is 5.58. The van der Waals surface area contributed by atoms with E-state index >= 15 is 0 Å². The molecule has 0 spiro atoms. The van der Waals surface area contributed by atoms with E-state index in [-0.39, 0.29) is 0 Å². The first-order valence-corrected chi connectivity index (χ1v) is 5.99. The van der Waals surface area contributed by atoms with Gasteiger partial charge in [-0.2, -0.15) is 0 Å². The average molecular weight is 226 g/mol. The zero-order valence-electron chi connectivity index (χ0n) is 9.36. The fraction of sp³-hybridized carbons (Fsp3) is 0.800. The molecule has 1 aromatic heterocycles. The summed E-state index contributed by atoms with van der Waals surface area (Å²) in [7, 11) is 2.09. The standard InChI is InChI=1S/C10H18N4S/c1-3-14-9(11-12-10(14)15)13(2)7-8-5-4-6-8/h8H,3-7H2,1-2H3,(H,12,15). The molecule has 1 N–H and O–H groups in total. The molecule has 15 heavy (non-hydrogen) atoms. The van der Waals surface area contributed by atoms with Gasteiger partial charge in [-0.3, -0.25) is 4.57 Å². The highest BCUT2D eigenvalue weighted by Gasteiger charge is 2.21. The van der Waals surface area contributed by atoms with Gasteiger partial charge in [0, 0.05) is 20.1 Å². The van der Waals surface area contributed by atoms with Gasteiger partial charge in [0.1, 0.15) is 0 Å². The number of nitrogens with zero attached hydrogens (tertiary/aromatic N) is 3. The zero-order chi connectivity index (χ0) is 10.8. The molecule has 0 aliphatic heterocycles. The van der Waals surface area contributed by atoms with Crippen LogP contribution in [0.1, 0.15) is 26.2 Å². The third-order valence-electron chi connectivity index (χ3n) is 3.15. The summed E-state index contributed by atoms with van der Waals surface area (Å²) in [4.78, 5) is 2.21. The Bertz CT molecular complexity index is 377. The van der Waals surface area contributed by atoms with E-state index in [2.05, 4.69) is 29.1 Å². The van der Waals surface area contributed by atoms with E-state index in [1.807, 2.05) is 4.57 Å². The van der Waals surface area contributed by atoms with Crippen LogP contribution in [0.2, 0.25) is 0 Å². The molecule has 1 aliphatic carbocycles. The largest absolute Gasteiger partial charge is 0.344 e. The van der Waals surface area contributed by atoms with Crippen LogP contribution in [0.15, 0.2) is 0 Å². The summed E-state index contributed by atoms with van der Waals surface area (Å²) in [5, 5.41) is 7.12. The number of rotatable bonds is 4. The van der Waals surface area contributed by atoms with Crippen molar-refractivity contribution in [2.75, 3.05) is 18.5 Å². The Morgan fingerprint density at radius 2 is 2.33 bits per heavy atom. The summed E-state index contributed by atoms with van der Waals surface area (Å²) in [6.45, 7) is 4.06. The summed E-state index contributed by atoms with van der Waals surface area (Å²) in [5.41, 5.74) is 0. The normalized spacial score (nSPS) is 16.4. The molecule has 5 heteroatoms. The lowest BCUT2D eigenvalue weighted by Crippen LogP contribution is -2.31. The highest BCUT2D eigenvalue weighted by Crippen LogP contribution is 2.27. The minimum Gasteiger partial charge on any atom is -0.344 e. The van der Waals surface area contributed by atoms with Crippen LogP contribution >= 0.6 is 12.2 Å². The lowest BCUT2D eigenvalue weighted by molar-refractivity contribution is 0.320. The number of aromatic amines is 1. The highest BCUT2D eigenvalue weighted by molar-refractivity contribution is 7.71. The molecule has 0 amide bonds. The Morgan fingerprint density at radius 3 is 2.87 bits per heavy atom. The first-order chi connectivity index (χ1) is 7.22. The fourth-order valence-corrected chi connectivity index (χ4v) is 2.29. The number of anilines is 1. The van der Waals surface area contributed by atoms with Crippen LogP contribution in [-0.4, -0.2) is 28.4 Å². The maximum atomic E-state index is 5.17. The summed E-state index contributed by atoms with van der Waals surface area (Å²) in [5.74, 6) is 1.82. The second-order valence-corrected chi connectivity index (χ2v) is 4.64. The van der Waals surface area contributed by atoms with Gasteiger partial charge in [0.05, 0.1) is 0 Å². The molecule has 0 saturated heterocycles. The van der Waals surface area contributed by atoms with E-state index in [1.165, 1.54) is 19.3 Å². The van der Waals surface area contributed by atoms with Crippen LogP contribution in [0.5, 0.6) is 0 Å². The van der Waals surface area contributed by atoms with Crippen molar-refractivity contribution < 1.29 is 0 Å². The lowest BCUT2D eigenvalue weighted by Gasteiger charge is -2.30. The second-order valence-electron chi connectivity index (χ2n) is 4.25. The minimum atomic E-state index is 0.716. The van der Waals surface area contributed by atoms with Gasteiger partial charge in [-0.25, -0.2) is 5.10 Å². The molecule has 0 radical (unpaired) electrons. The molecule has 1 aromatic rings. The molecule has 1 aliphatic rings. The topological polar surface area (TPSA) is 36.9 Å². The van der Waals surface area contributed by atoms with Crippen molar-refractivity contribution in [2.24, 2.45) is 5.92 Å². The molecular formula is C10H18N4S. The maximum Gasteiger partial charge on any atom is 0.225 e. The van der Waals surface area contributed by atoms with E-state index in [0.29, 0.717) is 4.77 Å². The number of H-pyrrole nitrogens is 1. The quantitative estimate of drug-likeness (QED) is 0.800. The Labute approximate surface area is 95.3 Å². The van der Waals surface area contributed by atoms with Gasteiger partial charge >= 0.3 is 0 Å². The van der Waals surface area contributed by atoms with Gasteiger partial charge in [0.2, 0.25) is 5.95 Å². The van der Waals surface area contributed by atoms with Gasteiger partial charge in [-0.1, -0.05) is 6.42 Å². The van der Waals surface area contributed by atoms with Gasteiger partial charge in [-0.05, 0) is 37.9 Å². The van der Waals surface area contributed by atoms with Crippen molar-refractivity contribution in [1.29, 1.82) is 0 Å². The Hall–Kier alpha value is -0.840. The molecule has 84 valence electrons. The molecule has 1 heterocycles. The Kier molecular flexibility index (Phi) is 3.09. The smallest absolute Gasteiger partial charge is 0.225 e. The molecule has 1 saturated carbocycles. The predicted molar refractivity (Wildman–Crippen MR) is 63.7 cm³/mol. The number of aromatic nitrogens is 3. The molecule has 0 aromatic carbocycles. The van der Waals surface area contributed by atoms with Crippen LogP contribution < -0.4 is 4.90 Å². The van der Waals surface area contributed by atoms with E-state index in [4.69, 9.17) is 12.2 Å². The van der Waals surface area contributed by atoms with Crippen molar-refractivity contribution >= 4 is 18.2 Å². The van der Waals surface area contributed by atoms with Crippen molar-refractivity contribution in [3.05, 3.63) is 4.77 Å². The van der Waals surface area contributed by atoms with Crippen LogP contribution in [0.3, 0.4) is 0 Å². The highest BCUT2D eigenvalue weighted by atomic mass is 32.1. The molecule has 0 unspecified atom stereocenters. The van der Waals surface area contributed by atoms with Crippen molar-refractivity contribution in [1.82, 2.24) is 14.8 Å². The third kappa shape index (κ3) is 2.07. The third-order valence-corrected chi connectivity index (χ3v) is 3.46. The molecular weight excluding hydrogens is 208 g/mol. The minimum absolute atomic E-state index is 0.716. The monoisotopic (exact) mass is 226 g/mol. The van der Waals surface area contributed by atoms with Crippen LogP contribution in [-0.2, 0) is 6.54 Å². The van der Waals surface area contributed by atoms with E-state index in [1.54, 1.807) is 0 Å². The number of hydrogen-bond donors (Lipinski definition) is 1. The van der Waals surface area contributed by atoms with Crippen LogP contribution in [0, 0.1) is 10.7 Å². The first kappa shape index (κ1) is 10.7. The summed E-state index contributed by atoms with van der Waals surface area (Å²) in [6, 6.07) is 0. The summed E-state index contributed by atoms with van der Waals surface area (Å²) < 4.78 is 2.75. The predicted octanol–water partition coefficient (Wildman–Crippen LogP) is 2.20. The van der Waals surface area contributed by atoms with E-state index in [0.717, 1.165) is 25.0 Å². The maximum absolute atomic E-state index is 5.17. The molecule has 2 rings (SSSR count). The Morgan fingerprint density at radius 1 is 1.60 bits per heavy atom. The molecule has 1 fully saturated rings. The number of hydrogen-bond acceptors (Lipinski definition) is 3. The van der Waals surface area contributed by atoms with Crippen molar-refractivity contribution in [3.8, 4) is 0 Å². The van der Waals surface area contributed by atoms with Crippen molar-refractivity contribution in [3.63, 3.8) is 0 Å². The SMILES string of the molecule is CCn1c(N(C)CC2CCC2)n[nH]c1=S. The van der Waals surface area contributed by atoms with Gasteiger partial charge in [0.25, 0.3) is 0 Å². The van der Waals surface area contributed by atoms with Crippen molar-refractivity contribution in [2.45, 2.75) is 32.7 Å². The lowest BCUT2D eigenvalue weighted by atomic mass is 9.85. The van der Waals surface area contributed by atoms with E-state index < -0.39 is 0 Å². The fourth-order valence-electron chi connectivity index (χ4n) is 2.03. The molecule has 0 bridgehead atoms. The number of nitrogens with one attached hydrogen (secondary N) is 1. The second kappa shape index (κ2) is 4.35. The zero-order valence-corrected chi connectivity index (χ0v) is 10.2. The van der Waals surface area contributed by atoms with Gasteiger partial charge in [0.15, 0.2) is 4.77 Å². The molecule has 0 atom stereocenters. The van der Waals surface area contributed by atoms with Crippen LogP contribution in [0.4, 0.5) is 5.95 Å². The summed E-state index contributed by atoms with van der Waals surface area (Å²) in [6.07, 6.45) is 4.11. The van der Waals surface area contributed by atoms with E-state index in [9.17, 15) is 0 Å². The summed E-state index contributed by atoms with van der Waals surface area (Å²) >= 11 is 5.17. The van der Waals surface area contributed by atoms with Gasteiger partial charge in [-0.15, -0.1) is 5.10 Å². The van der Waals surface area contributed by atoms with Crippen LogP contribution in [0.25, 0.3) is 0 Å². The van der Waals surface area contributed by atoms with Gasteiger partial charge < -0.3 is 4.90 Å².